The molecule has 0 unspecified atom stereocenters. The van der Waals surface area contributed by atoms with Crippen molar-refractivity contribution in [1.29, 1.82) is 0 Å². The molecule has 0 bridgehead atoms. The normalized spacial score (nSPS) is 17.6. The highest BCUT2D eigenvalue weighted by Crippen LogP contribution is 2.36. The smallest absolute Gasteiger partial charge is 0.198 e. The number of aliphatic hydroxyl groups excluding tert-OH is 1. The van der Waals surface area contributed by atoms with Crippen molar-refractivity contribution in [2.45, 2.75) is 25.0 Å². The number of aliphatic hydroxyl groups is 1. The number of rotatable bonds is 7. The van der Waals surface area contributed by atoms with Crippen LogP contribution in [-0.2, 0) is 4.74 Å². The molecule has 2 aromatic carbocycles. The number of aromatic nitrogens is 2. The number of nitrogens with zero attached hydrogens (tertiary/aromatic N) is 1. The lowest BCUT2D eigenvalue weighted by Gasteiger charge is -2.29. The zero-order chi connectivity index (χ0) is 26.1. The largest absolute Gasteiger partial charge is 0.451 e. The minimum absolute atomic E-state index is 0.0359. The van der Waals surface area contributed by atoms with Gasteiger partial charge in [-0.3, -0.25) is 4.79 Å². The van der Waals surface area contributed by atoms with Gasteiger partial charge < -0.3 is 24.9 Å². The number of carbonyl (C=O) groups excluding carboxylic acids is 1. The first kappa shape index (κ1) is 25.4. The van der Waals surface area contributed by atoms with Crippen molar-refractivity contribution >= 4 is 45.7 Å². The summed E-state index contributed by atoms with van der Waals surface area (Å²) in [6, 6.07) is 7.44. The Morgan fingerprint density at radius 1 is 1.16 bits per heavy atom. The summed E-state index contributed by atoms with van der Waals surface area (Å²) in [5.41, 5.74) is 1.42. The fourth-order valence-electron chi connectivity index (χ4n) is 4.25. The minimum Gasteiger partial charge on any atom is -0.451 e. The summed E-state index contributed by atoms with van der Waals surface area (Å²) in [4.78, 5) is 20.8. The highest BCUT2D eigenvalue weighted by Gasteiger charge is 2.26. The van der Waals surface area contributed by atoms with E-state index in [-0.39, 0.29) is 40.7 Å². The Morgan fingerprint density at radius 2 is 1.95 bits per heavy atom. The molecule has 1 aliphatic rings. The van der Waals surface area contributed by atoms with Gasteiger partial charge in [-0.25, -0.2) is 13.8 Å². The van der Waals surface area contributed by atoms with Crippen LogP contribution in [0.15, 0.2) is 48.8 Å². The second-order valence-electron chi connectivity index (χ2n) is 8.59. The molecule has 3 N–H and O–H groups in total. The number of ether oxygens (including phenoxy) is 2. The number of nitrogens with one attached hydrogen (secondary N) is 2. The molecule has 3 heterocycles. The third-order valence-corrected chi connectivity index (χ3v) is 6.75. The molecule has 4 aromatic rings. The molecule has 1 saturated heterocycles. The number of hydrogen-bond donors (Lipinski definition) is 3. The zero-order valence-corrected chi connectivity index (χ0v) is 20.7. The lowest BCUT2D eigenvalue weighted by Crippen LogP contribution is -2.36. The predicted molar refractivity (Wildman–Crippen MR) is 136 cm³/mol. The number of ketones is 1. The maximum atomic E-state index is 14.0. The predicted octanol–water partition coefficient (Wildman–Crippen LogP) is 6.12. The van der Waals surface area contributed by atoms with Gasteiger partial charge in [0.05, 0.1) is 52.2 Å². The van der Waals surface area contributed by atoms with E-state index >= 15 is 0 Å². The number of anilines is 1. The Morgan fingerprint density at radius 3 is 2.62 bits per heavy atom. The van der Waals surface area contributed by atoms with Crippen molar-refractivity contribution in [3.05, 3.63) is 81.6 Å². The number of hydrogen-bond acceptors (Lipinski definition) is 6. The topological polar surface area (TPSA) is 96.5 Å². The van der Waals surface area contributed by atoms with Gasteiger partial charge in [0.15, 0.2) is 23.2 Å². The molecule has 1 fully saturated rings. The van der Waals surface area contributed by atoms with E-state index in [9.17, 15) is 18.7 Å². The van der Waals surface area contributed by atoms with Crippen molar-refractivity contribution in [3.8, 4) is 11.5 Å². The molecule has 0 amide bonds. The maximum absolute atomic E-state index is 14.0. The molecule has 0 spiro atoms. The summed E-state index contributed by atoms with van der Waals surface area (Å²) in [6.07, 6.45) is 4.24. The number of H-pyrrole nitrogens is 1. The summed E-state index contributed by atoms with van der Waals surface area (Å²) in [5, 5.41) is 13.5. The maximum Gasteiger partial charge on any atom is 0.198 e. The third kappa shape index (κ3) is 5.13. The van der Waals surface area contributed by atoms with E-state index in [1.807, 2.05) is 0 Å². The van der Waals surface area contributed by atoms with Crippen LogP contribution in [0.1, 0.15) is 28.8 Å². The van der Waals surface area contributed by atoms with Crippen molar-refractivity contribution < 1.29 is 28.2 Å². The van der Waals surface area contributed by atoms with Crippen LogP contribution in [0.5, 0.6) is 11.5 Å². The van der Waals surface area contributed by atoms with E-state index in [4.69, 9.17) is 32.7 Å². The highest BCUT2D eigenvalue weighted by molar-refractivity contribution is 6.37. The molecule has 2 aromatic heterocycles. The zero-order valence-electron chi connectivity index (χ0n) is 19.2. The Bertz CT molecular complexity index is 1450. The Labute approximate surface area is 220 Å². The van der Waals surface area contributed by atoms with Crippen LogP contribution in [0.3, 0.4) is 0 Å². The highest BCUT2D eigenvalue weighted by atomic mass is 35.5. The fraction of sp³-hybridized carbons (Fsp3) is 0.231. The van der Waals surface area contributed by atoms with Gasteiger partial charge in [0.1, 0.15) is 11.4 Å². The molecule has 7 nitrogen and oxygen atoms in total. The summed E-state index contributed by atoms with van der Waals surface area (Å²) in [6.45, 7) is 0.332. The number of benzene rings is 2. The number of carbonyl (C=O) groups is 1. The number of aromatic amines is 1. The molecular formula is C26H21Cl2F2N3O4. The van der Waals surface area contributed by atoms with Gasteiger partial charge in [0.25, 0.3) is 0 Å². The van der Waals surface area contributed by atoms with E-state index < -0.39 is 23.2 Å². The molecule has 2 atom stereocenters. The minimum atomic E-state index is -0.866. The monoisotopic (exact) mass is 547 g/mol. The SMILES string of the molecule is O=C(c1ccc(Oc2c(F)cccc2F)cc1Cl)c1c[nH]c2ncc(Cl)c(N[C@@H]3CC[C@@H](CO)OC3)c12. The standard InChI is InChI=1S/C26H21Cl2F2N3O4/c27-18-8-14(37-25-20(29)2-1-3-21(25)30)6-7-16(18)24(35)17-9-31-26-22(17)23(19(28)10-32-26)33-13-4-5-15(11-34)36-12-13/h1-3,6-10,13,15,34H,4-5,11-12H2,(H2,31,32,33)/t13-,15+/m1/s1. The first-order valence-electron chi connectivity index (χ1n) is 11.5. The number of fused-ring (bicyclic) bond motifs is 1. The molecule has 0 aliphatic carbocycles. The van der Waals surface area contributed by atoms with Gasteiger partial charge in [-0.05, 0) is 37.1 Å². The molecule has 5 rings (SSSR count). The second-order valence-corrected chi connectivity index (χ2v) is 9.40. The molecule has 192 valence electrons. The number of para-hydroxylation sites is 1. The fourth-order valence-corrected chi connectivity index (χ4v) is 4.70. The van der Waals surface area contributed by atoms with Crippen LogP contribution in [0.4, 0.5) is 14.5 Å². The van der Waals surface area contributed by atoms with Gasteiger partial charge in [-0.1, -0.05) is 29.3 Å². The van der Waals surface area contributed by atoms with Crippen LogP contribution < -0.4 is 10.1 Å². The third-order valence-electron chi connectivity index (χ3n) is 6.15. The number of halogens is 4. The van der Waals surface area contributed by atoms with Crippen LogP contribution in [0, 0.1) is 11.6 Å². The first-order valence-corrected chi connectivity index (χ1v) is 12.2. The average Bonchev–Trinajstić information content (AvgIpc) is 3.32. The molecule has 0 saturated carbocycles. The second kappa shape index (κ2) is 10.6. The van der Waals surface area contributed by atoms with Gasteiger partial charge >= 0.3 is 0 Å². The first-order chi connectivity index (χ1) is 17.9. The van der Waals surface area contributed by atoms with Crippen molar-refractivity contribution in [2.75, 3.05) is 18.5 Å². The van der Waals surface area contributed by atoms with Crippen LogP contribution >= 0.6 is 23.2 Å². The van der Waals surface area contributed by atoms with Crippen molar-refractivity contribution in [2.24, 2.45) is 0 Å². The summed E-state index contributed by atoms with van der Waals surface area (Å²) < 4.78 is 38.9. The average molecular weight is 548 g/mol. The lowest BCUT2D eigenvalue weighted by atomic mass is 10.0. The summed E-state index contributed by atoms with van der Waals surface area (Å²) in [7, 11) is 0. The van der Waals surface area contributed by atoms with Gasteiger partial charge in [0, 0.05) is 23.9 Å². The van der Waals surface area contributed by atoms with Gasteiger partial charge in [0.2, 0.25) is 0 Å². The molecule has 11 heteroatoms. The lowest BCUT2D eigenvalue weighted by molar-refractivity contribution is -0.0223. The molecule has 1 aliphatic heterocycles. The van der Waals surface area contributed by atoms with Crippen molar-refractivity contribution in [1.82, 2.24) is 9.97 Å². The van der Waals surface area contributed by atoms with E-state index in [0.29, 0.717) is 34.8 Å². The van der Waals surface area contributed by atoms with E-state index in [1.165, 1.54) is 36.7 Å². The van der Waals surface area contributed by atoms with Crippen LogP contribution in [0.25, 0.3) is 11.0 Å². The summed E-state index contributed by atoms with van der Waals surface area (Å²) >= 11 is 12.9. The Hall–Kier alpha value is -3.24. The van der Waals surface area contributed by atoms with Gasteiger partial charge in [-0.15, -0.1) is 0 Å². The molecule has 0 radical (unpaired) electrons. The summed E-state index contributed by atoms with van der Waals surface area (Å²) in [5.74, 6) is -2.64. The quantitative estimate of drug-likeness (QED) is 0.241. The van der Waals surface area contributed by atoms with E-state index in [1.54, 1.807) is 0 Å². The number of pyridine rings is 1. The Balaban J connectivity index is 1.44. The van der Waals surface area contributed by atoms with Gasteiger partial charge in [-0.2, -0.15) is 0 Å². The van der Waals surface area contributed by atoms with E-state index in [2.05, 4.69) is 15.3 Å². The molecular weight excluding hydrogens is 527 g/mol. The van der Waals surface area contributed by atoms with Crippen LogP contribution in [-0.4, -0.2) is 46.2 Å². The van der Waals surface area contributed by atoms with Crippen molar-refractivity contribution in [3.63, 3.8) is 0 Å². The van der Waals surface area contributed by atoms with Crippen LogP contribution in [0.2, 0.25) is 10.0 Å². The molecule has 37 heavy (non-hydrogen) atoms. The van der Waals surface area contributed by atoms with E-state index in [0.717, 1.165) is 18.6 Å². The Kier molecular flexibility index (Phi) is 7.30.